The second kappa shape index (κ2) is 14.3. The Balaban J connectivity index is 0.000000211. The lowest BCUT2D eigenvalue weighted by atomic mass is 10.1. The highest BCUT2D eigenvalue weighted by Crippen LogP contribution is 2.25. The molecule has 2 heterocycles. The molecule has 188 valence electrons. The van der Waals surface area contributed by atoms with Crippen molar-refractivity contribution >= 4 is 17.6 Å². The van der Waals surface area contributed by atoms with Crippen LogP contribution in [0.25, 0.3) is 0 Å². The minimum absolute atomic E-state index is 0.122. The molecule has 2 aromatic rings. The number of carboxylic acid groups (broad SMARTS) is 1. The quantitative estimate of drug-likeness (QED) is 0.442. The molecular weight excluding hydrogens is 440 g/mol. The summed E-state index contributed by atoms with van der Waals surface area (Å²) in [5, 5.41) is 8.44. The summed E-state index contributed by atoms with van der Waals surface area (Å²) in [7, 11) is 0. The normalized spacial score (nSPS) is 16.7. The Morgan fingerprint density at radius 2 is 1.69 bits per heavy atom. The number of rotatable bonds is 7. The lowest BCUT2D eigenvalue weighted by molar-refractivity contribution is -0.145. The number of ether oxygens (including phenoxy) is 1. The number of carbonyl (C=O) groups is 2. The number of para-hydroxylation sites is 1. The minimum Gasteiger partial charge on any atom is -0.478 e. The van der Waals surface area contributed by atoms with Crippen LogP contribution >= 0.6 is 0 Å². The van der Waals surface area contributed by atoms with Gasteiger partial charge >= 0.3 is 11.9 Å². The van der Waals surface area contributed by atoms with Gasteiger partial charge in [0.2, 0.25) is 0 Å². The summed E-state index contributed by atoms with van der Waals surface area (Å²) in [6.45, 7) is 7.35. The summed E-state index contributed by atoms with van der Waals surface area (Å²) in [4.78, 5) is 26.6. The summed E-state index contributed by atoms with van der Waals surface area (Å²) in [5.41, 5.74) is 4.29. The highest BCUT2D eigenvalue weighted by molar-refractivity contribution is 5.90. The van der Waals surface area contributed by atoms with Crippen LogP contribution in [0.2, 0.25) is 0 Å². The number of esters is 1. The summed E-state index contributed by atoms with van der Waals surface area (Å²) in [6, 6.07) is 19.1. The number of hydrogen-bond donors (Lipinski definition) is 1. The molecule has 6 nitrogen and oxygen atoms in total. The van der Waals surface area contributed by atoms with E-state index in [9.17, 15) is 9.59 Å². The van der Waals surface area contributed by atoms with Crippen LogP contribution in [0, 0.1) is 0 Å². The first-order chi connectivity index (χ1) is 17.0. The molecule has 0 unspecified atom stereocenters. The van der Waals surface area contributed by atoms with E-state index in [1.54, 1.807) is 5.56 Å². The third kappa shape index (κ3) is 9.21. The van der Waals surface area contributed by atoms with Crippen LogP contribution in [-0.2, 0) is 27.3 Å². The summed E-state index contributed by atoms with van der Waals surface area (Å²) in [6.07, 6.45) is 8.38. The predicted molar refractivity (Wildman–Crippen MR) is 139 cm³/mol. The highest BCUT2D eigenvalue weighted by atomic mass is 16.5. The van der Waals surface area contributed by atoms with Crippen LogP contribution in [0.5, 0.6) is 0 Å². The molecule has 0 amide bonds. The maximum absolute atomic E-state index is 11.4. The van der Waals surface area contributed by atoms with Crippen molar-refractivity contribution < 1.29 is 19.4 Å². The van der Waals surface area contributed by atoms with Gasteiger partial charge in [-0.05, 0) is 55.7 Å². The molecule has 0 aromatic heterocycles. The van der Waals surface area contributed by atoms with Crippen LogP contribution < -0.4 is 4.90 Å². The van der Waals surface area contributed by atoms with Gasteiger partial charge in [0.25, 0.3) is 0 Å². The molecule has 0 spiro atoms. The van der Waals surface area contributed by atoms with Gasteiger partial charge in [-0.2, -0.15) is 0 Å². The van der Waals surface area contributed by atoms with Crippen LogP contribution in [-0.4, -0.2) is 54.2 Å². The second-order valence-corrected chi connectivity index (χ2v) is 9.14. The van der Waals surface area contributed by atoms with Crippen molar-refractivity contribution in [2.75, 3.05) is 31.1 Å². The van der Waals surface area contributed by atoms with Crippen LogP contribution in [0.15, 0.2) is 66.7 Å². The fraction of sp³-hybridized carbons (Fsp3) is 0.448. The summed E-state index contributed by atoms with van der Waals surface area (Å²) in [5.74, 6) is -1.73. The van der Waals surface area contributed by atoms with Crippen LogP contribution in [0.3, 0.4) is 0 Å². The zero-order valence-electron chi connectivity index (χ0n) is 20.8. The highest BCUT2D eigenvalue weighted by Gasteiger charge is 2.21. The lowest BCUT2D eigenvalue weighted by Gasteiger charge is -2.31. The number of aliphatic carboxylic acids is 1. The first-order valence-electron chi connectivity index (χ1n) is 12.8. The fourth-order valence-corrected chi connectivity index (χ4v) is 4.64. The van der Waals surface area contributed by atoms with E-state index < -0.39 is 11.9 Å². The van der Waals surface area contributed by atoms with Crippen LogP contribution in [0.4, 0.5) is 5.69 Å². The van der Waals surface area contributed by atoms with Gasteiger partial charge in [-0.3, -0.25) is 4.90 Å². The molecule has 0 aliphatic carbocycles. The number of benzene rings is 2. The van der Waals surface area contributed by atoms with Gasteiger partial charge in [0.05, 0.1) is 0 Å². The van der Waals surface area contributed by atoms with E-state index in [4.69, 9.17) is 9.84 Å². The number of carboxylic acids is 1. The van der Waals surface area contributed by atoms with Crippen molar-refractivity contribution in [2.24, 2.45) is 0 Å². The van der Waals surface area contributed by atoms with E-state index in [-0.39, 0.29) is 6.10 Å². The predicted octanol–water partition coefficient (Wildman–Crippen LogP) is 5.07. The second-order valence-electron chi connectivity index (χ2n) is 9.14. The maximum atomic E-state index is 11.4. The topological polar surface area (TPSA) is 70.1 Å². The molecule has 1 fully saturated rings. The Kier molecular flexibility index (Phi) is 10.8. The SMILES string of the molecule is CCCN1CCCCc2ccccc21.O=C(O)/C=C/C(=O)OC1CCN(Cc2ccccc2)CC1. The number of piperidine rings is 1. The van der Waals surface area contributed by atoms with Gasteiger partial charge in [0, 0.05) is 50.6 Å². The summed E-state index contributed by atoms with van der Waals surface area (Å²) < 4.78 is 5.22. The number of hydrogen-bond acceptors (Lipinski definition) is 5. The van der Waals surface area contributed by atoms with Gasteiger partial charge in [0.15, 0.2) is 0 Å². The number of fused-ring (bicyclic) bond motifs is 1. The molecule has 2 aromatic carbocycles. The van der Waals surface area contributed by atoms with Gasteiger partial charge in [-0.1, -0.05) is 55.5 Å². The molecule has 0 bridgehead atoms. The third-order valence-corrected chi connectivity index (χ3v) is 6.38. The van der Waals surface area contributed by atoms with Gasteiger partial charge < -0.3 is 14.7 Å². The fourth-order valence-electron chi connectivity index (χ4n) is 4.64. The first-order valence-corrected chi connectivity index (χ1v) is 12.8. The average Bonchev–Trinajstić information content (AvgIpc) is 3.08. The average molecular weight is 479 g/mol. The summed E-state index contributed by atoms with van der Waals surface area (Å²) >= 11 is 0. The van der Waals surface area contributed by atoms with Crippen molar-refractivity contribution in [2.45, 2.75) is 58.1 Å². The molecule has 2 aliphatic rings. The van der Waals surface area contributed by atoms with Crippen molar-refractivity contribution in [1.82, 2.24) is 4.90 Å². The minimum atomic E-state index is -1.15. The van der Waals surface area contributed by atoms with Crippen LogP contribution in [0.1, 0.15) is 50.2 Å². The molecule has 6 heteroatoms. The smallest absolute Gasteiger partial charge is 0.331 e. The Morgan fingerprint density at radius 3 is 2.40 bits per heavy atom. The largest absolute Gasteiger partial charge is 0.478 e. The Bertz CT molecular complexity index is 952. The standard InChI is InChI=1S/C16H19NO4.C13H19N/c18-15(19)6-7-16(20)21-14-8-10-17(11-9-14)12-13-4-2-1-3-5-13;1-2-10-14-11-6-5-8-12-7-3-4-9-13(12)14/h1-7,14H,8-12H2,(H,18,19);3-4,7,9H,2,5-6,8,10-11H2,1H3/b7-6+;. The molecule has 2 aliphatic heterocycles. The van der Waals surface area contributed by atoms with E-state index in [1.165, 1.54) is 50.0 Å². The number of nitrogens with zero attached hydrogens (tertiary/aromatic N) is 2. The van der Waals surface area contributed by atoms with Crippen molar-refractivity contribution in [1.29, 1.82) is 0 Å². The van der Waals surface area contributed by atoms with E-state index in [0.29, 0.717) is 0 Å². The Labute approximate surface area is 209 Å². The number of aryl methyl sites for hydroxylation is 1. The monoisotopic (exact) mass is 478 g/mol. The van der Waals surface area contributed by atoms with E-state index in [1.807, 2.05) is 18.2 Å². The molecular formula is C29H38N2O4. The third-order valence-electron chi connectivity index (χ3n) is 6.38. The Hall–Kier alpha value is -3.12. The Morgan fingerprint density at radius 1 is 0.971 bits per heavy atom. The zero-order chi connectivity index (χ0) is 24.9. The van der Waals surface area contributed by atoms with E-state index >= 15 is 0 Å². The first kappa shape index (κ1) is 26.5. The molecule has 0 saturated carbocycles. The van der Waals surface area contributed by atoms with Crippen molar-refractivity contribution in [3.05, 3.63) is 77.9 Å². The number of carbonyl (C=O) groups excluding carboxylic acids is 1. The molecule has 0 atom stereocenters. The molecule has 1 N–H and O–H groups in total. The van der Waals surface area contributed by atoms with E-state index in [0.717, 1.165) is 44.6 Å². The molecule has 35 heavy (non-hydrogen) atoms. The van der Waals surface area contributed by atoms with E-state index in [2.05, 4.69) is 53.1 Å². The molecule has 4 rings (SSSR count). The number of anilines is 1. The number of likely N-dealkylation sites (tertiary alicyclic amines) is 1. The van der Waals surface area contributed by atoms with Crippen molar-refractivity contribution in [3.63, 3.8) is 0 Å². The van der Waals surface area contributed by atoms with Gasteiger partial charge in [-0.25, -0.2) is 9.59 Å². The molecule has 0 radical (unpaired) electrons. The van der Waals surface area contributed by atoms with Gasteiger partial charge in [0.1, 0.15) is 6.10 Å². The lowest BCUT2D eigenvalue weighted by Crippen LogP contribution is -2.37. The zero-order valence-corrected chi connectivity index (χ0v) is 20.8. The van der Waals surface area contributed by atoms with Crippen molar-refractivity contribution in [3.8, 4) is 0 Å². The van der Waals surface area contributed by atoms with Gasteiger partial charge in [-0.15, -0.1) is 0 Å². The molecule has 1 saturated heterocycles. The maximum Gasteiger partial charge on any atom is 0.331 e.